The van der Waals surface area contributed by atoms with Gasteiger partial charge < -0.3 is 18.6 Å². The third kappa shape index (κ3) is 6.20. The third-order valence-electron chi connectivity index (χ3n) is 4.53. The molecule has 2 aromatic rings. The Morgan fingerprint density at radius 1 is 1.03 bits per heavy atom. The minimum atomic E-state index is -1.72. The zero-order valence-electron chi connectivity index (χ0n) is 19.8. The van der Waals surface area contributed by atoms with Crippen molar-refractivity contribution in [1.29, 1.82) is 0 Å². The SMILES string of the molecule is C[Si](C)(C)Nc1ncnc2c1ncn2C1C[C@@H](O[Si](C)(C)C)[C@H](CO[Si](C)(C)C)O1. The lowest BCUT2D eigenvalue weighted by Gasteiger charge is -2.28. The Hall–Kier alpha value is -1.12. The highest BCUT2D eigenvalue weighted by Gasteiger charge is 2.40. The Labute approximate surface area is 183 Å². The molecule has 1 unspecified atom stereocenters. The van der Waals surface area contributed by atoms with Crippen molar-refractivity contribution >= 4 is 41.9 Å². The lowest BCUT2D eigenvalue weighted by atomic mass is 10.2. The van der Waals surface area contributed by atoms with Crippen LogP contribution in [0.15, 0.2) is 12.7 Å². The topological polar surface area (TPSA) is 83.3 Å². The van der Waals surface area contributed by atoms with Gasteiger partial charge in [0, 0.05) is 6.42 Å². The summed E-state index contributed by atoms with van der Waals surface area (Å²) in [6, 6.07) is 0. The predicted octanol–water partition coefficient (Wildman–Crippen LogP) is 4.43. The summed E-state index contributed by atoms with van der Waals surface area (Å²) in [6.07, 6.45) is 3.91. The van der Waals surface area contributed by atoms with Crippen LogP contribution in [-0.2, 0) is 13.6 Å². The molecule has 0 aliphatic carbocycles. The summed E-state index contributed by atoms with van der Waals surface area (Å²) >= 11 is 0. The van der Waals surface area contributed by atoms with Crippen LogP contribution in [0.1, 0.15) is 12.6 Å². The van der Waals surface area contributed by atoms with Crippen molar-refractivity contribution in [1.82, 2.24) is 19.5 Å². The smallest absolute Gasteiger partial charge is 0.184 e. The molecule has 1 aliphatic rings. The van der Waals surface area contributed by atoms with Crippen molar-refractivity contribution in [2.24, 2.45) is 0 Å². The standard InChI is InChI=1S/C19H37N5O3Si3/c1-28(2,3)23-18-17-19(21-12-20-18)24(13-22-17)16-10-14(27-30(7,8)9)15(26-16)11-25-29(4,5)6/h12-16H,10-11H2,1-9H3,(H,20,21,23)/t14-,15+,16?/m1/s1. The van der Waals surface area contributed by atoms with E-state index in [0.717, 1.165) is 23.4 Å². The molecule has 1 N–H and O–H groups in total. The normalized spacial score (nSPS) is 23.3. The number of nitrogens with one attached hydrogen (secondary N) is 1. The summed E-state index contributed by atoms with van der Waals surface area (Å²) in [4.78, 5) is 17.1. The minimum absolute atomic E-state index is 0.0110. The molecule has 3 heterocycles. The maximum Gasteiger partial charge on any atom is 0.184 e. The molecule has 1 aliphatic heterocycles. The van der Waals surface area contributed by atoms with E-state index < -0.39 is 24.9 Å². The van der Waals surface area contributed by atoms with Crippen LogP contribution in [0.5, 0.6) is 0 Å². The molecule has 2 aromatic heterocycles. The van der Waals surface area contributed by atoms with E-state index in [4.69, 9.17) is 13.6 Å². The Kier molecular flexibility index (Phi) is 6.62. The molecule has 0 saturated carbocycles. The molecule has 0 amide bonds. The van der Waals surface area contributed by atoms with Gasteiger partial charge in [0.25, 0.3) is 0 Å². The third-order valence-corrected chi connectivity index (χ3v) is 7.56. The van der Waals surface area contributed by atoms with Crippen molar-refractivity contribution in [3.8, 4) is 0 Å². The summed E-state index contributed by atoms with van der Waals surface area (Å²) in [6.45, 7) is 20.5. The summed E-state index contributed by atoms with van der Waals surface area (Å²) in [5.74, 6) is 0.796. The van der Waals surface area contributed by atoms with Gasteiger partial charge in [-0.1, -0.05) is 19.6 Å². The van der Waals surface area contributed by atoms with E-state index in [1.54, 1.807) is 6.33 Å². The number of rotatable bonds is 8. The molecule has 0 spiro atoms. The molecule has 0 bridgehead atoms. The molecule has 0 aromatic carbocycles. The Bertz CT molecular complexity index is 873. The molecule has 30 heavy (non-hydrogen) atoms. The number of anilines is 1. The average Bonchev–Trinajstić information content (AvgIpc) is 3.14. The number of aromatic nitrogens is 4. The van der Waals surface area contributed by atoms with Crippen LogP contribution >= 0.6 is 0 Å². The van der Waals surface area contributed by atoms with Gasteiger partial charge >= 0.3 is 0 Å². The number of ether oxygens (including phenoxy) is 1. The minimum Gasteiger partial charge on any atom is -0.415 e. The van der Waals surface area contributed by atoms with Gasteiger partial charge in [-0.15, -0.1) is 0 Å². The van der Waals surface area contributed by atoms with E-state index >= 15 is 0 Å². The molecule has 0 radical (unpaired) electrons. The van der Waals surface area contributed by atoms with E-state index in [1.165, 1.54) is 0 Å². The van der Waals surface area contributed by atoms with E-state index in [-0.39, 0.29) is 18.4 Å². The molecule has 1 fully saturated rings. The monoisotopic (exact) mass is 467 g/mol. The number of fused-ring (bicyclic) bond motifs is 1. The van der Waals surface area contributed by atoms with Crippen molar-refractivity contribution in [3.05, 3.63) is 12.7 Å². The maximum atomic E-state index is 6.48. The number of imidazole rings is 1. The lowest BCUT2D eigenvalue weighted by Crippen LogP contribution is -2.40. The zero-order valence-corrected chi connectivity index (χ0v) is 22.8. The summed E-state index contributed by atoms with van der Waals surface area (Å²) in [7, 11) is -4.93. The second-order valence-corrected chi connectivity index (χ2v) is 24.7. The predicted molar refractivity (Wildman–Crippen MR) is 128 cm³/mol. The van der Waals surface area contributed by atoms with Crippen molar-refractivity contribution in [2.75, 3.05) is 11.6 Å². The first kappa shape index (κ1) is 23.5. The highest BCUT2D eigenvalue weighted by molar-refractivity contribution is 6.79. The van der Waals surface area contributed by atoms with Gasteiger partial charge in [-0.2, -0.15) is 0 Å². The molecular weight excluding hydrogens is 430 g/mol. The van der Waals surface area contributed by atoms with Crippen LogP contribution in [0, 0.1) is 0 Å². The van der Waals surface area contributed by atoms with E-state index in [9.17, 15) is 0 Å². The zero-order chi connectivity index (χ0) is 22.3. The average molecular weight is 468 g/mol. The summed E-state index contributed by atoms with van der Waals surface area (Å²) in [5.41, 5.74) is 1.57. The fourth-order valence-corrected chi connectivity index (χ4v) is 6.15. The molecule has 3 atom stereocenters. The molecule has 1 saturated heterocycles. The Balaban J connectivity index is 1.86. The lowest BCUT2D eigenvalue weighted by molar-refractivity contribution is -0.0367. The van der Waals surface area contributed by atoms with E-state index in [1.807, 2.05) is 10.9 Å². The van der Waals surface area contributed by atoms with Crippen LogP contribution in [0.4, 0.5) is 5.82 Å². The van der Waals surface area contributed by atoms with Gasteiger partial charge in [0.05, 0.1) is 19.0 Å². The van der Waals surface area contributed by atoms with Gasteiger partial charge in [0.2, 0.25) is 0 Å². The first-order valence-electron chi connectivity index (χ1n) is 10.6. The van der Waals surface area contributed by atoms with Crippen LogP contribution in [0.2, 0.25) is 58.9 Å². The number of hydrogen-bond donors (Lipinski definition) is 1. The first-order valence-corrected chi connectivity index (χ1v) is 21.0. The Morgan fingerprint density at radius 3 is 2.33 bits per heavy atom. The first-order chi connectivity index (χ1) is 13.7. The highest BCUT2D eigenvalue weighted by Crippen LogP contribution is 2.35. The Morgan fingerprint density at radius 2 is 1.73 bits per heavy atom. The highest BCUT2D eigenvalue weighted by atomic mass is 28.4. The summed E-state index contributed by atoms with van der Waals surface area (Å²) < 4.78 is 21.1. The van der Waals surface area contributed by atoms with Crippen LogP contribution in [0.3, 0.4) is 0 Å². The van der Waals surface area contributed by atoms with Crippen LogP contribution < -0.4 is 4.98 Å². The van der Waals surface area contributed by atoms with Crippen LogP contribution in [-0.4, -0.2) is 63.2 Å². The van der Waals surface area contributed by atoms with Gasteiger partial charge in [-0.25, -0.2) is 15.0 Å². The van der Waals surface area contributed by atoms with E-state index in [2.05, 4.69) is 78.9 Å². The fourth-order valence-electron chi connectivity index (χ4n) is 3.44. The van der Waals surface area contributed by atoms with Crippen molar-refractivity contribution in [3.63, 3.8) is 0 Å². The molecule has 8 nitrogen and oxygen atoms in total. The van der Waals surface area contributed by atoms with Gasteiger partial charge in [0.1, 0.15) is 38.2 Å². The van der Waals surface area contributed by atoms with Gasteiger partial charge in [-0.3, -0.25) is 4.57 Å². The molecular formula is C19H37N5O3Si3. The second kappa shape index (κ2) is 8.43. The summed E-state index contributed by atoms with van der Waals surface area (Å²) in [5, 5.41) is 0. The van der Waals surface area contributed by atoms with Crippen molar-refractivity contribution < 1.29 is 13.6 Å². The van der Waals surface area contributed by atoms with Gasteiger partial charge in [0.15, 0.2) is 22.3 Å². The maximum absolute atomic E-state index is 6.48. The largest absolute Gasteiger partial charge is 0.415 e. The second-order valence-electron chi connectivity index (χ2n) is 11.0. The van der Waals surface area contributed by atoms with Crippen LogP contribution in [0.25, 0.3) is 11.2 Å². The molecule has 11 heteroatoms. The van der Waals surface area contributed by atoms with E-state index in [0.29, 0.717) is 6.61 Å². The fraction of sp³-hybridized carbons (Fsp3) is 0.737. The quantitative estimate of drug-likeness (QED) is 0.575. The van der Waals surface area contributed by atoms with Gasteiger partial charge in [-0.05, 0) is 39.3 Å². The van der Waals surface area contributed by atoms with Crippen molar-refractivity contribution in [2.45, 2.75) is 83.8 Å². The molecule has 3 rings (SSSR count). The number of nitrogens with zero attached hydrogens (tertiary/aromatic N) is 4. The molecule has 168 valence electrons. The number of hydrogen-bond acceptors (Lipinski definition) is 7.